The number of hydrogen-bond acceptors (Lipinski definition) is 7. The Morgan fingerprint density at radius 3 is 2.46 bits per heavy atom. The molecule has 3 aromatic rings. The SMILES string of the molecule is CCOc1cc(/C=C2\SC(=O)N(Cc3ccccc3Cl)C2=O)cc(I)c1OS(=O)(=O)c1ccc(C)cc1. The Hall–Kier alpha value is -2.54. The molecule has 37 heavy (non-hydrogen) atoms. The van der Waals surface area contributed by atoms with Gasteiger partial charge in [-0.25, -0.2) is 0 Å². The van der Waals surface area contributed by atoms with E-state index < -0.39 is 21.3 Å². The lowest BCUT2D eigenvalue weighted by molar-refractivity contribution is -0.123. The van der Waals surface area contributed by atoms with Crippen LogP contribution >= 0.6 is 46.0 Å². The number of aryl methyl sites for hydroxylation is 1. The number of nitrogens with zero attached hydrogens (tertiary/aromatic N) is 1. The summed E-state index contributed by atoms with van der Waals surface area (Å²) >= 11 is 8.97. The van der Waals surface area contributed by atoms with Gasteiger partial charge in [0.1, 0.15) is 4.90 Å². The predicted molar refractivity (Wildman–Crippen MR) is 152 cm³/mol. The molecule has 0 atom stereocenters. The van der Waals surface area contributed by atoms with E-state index in [-0.39, 0.29) is 34.5 Å². The zero-order valence-electron chi connectivity index (χ0n) is 19.7. The van der Waals surface area contributed by atoms with Gasteiger partial charge in [-0.05, 0) is 95.7 Å². The van der Waals surface area contributed by atoms with Gasteiger partial charge in [0.25, 0.3) is 11.1 Å². The number of amides is 2. The summed E-state index contributed by atoms with van der Waals surface area (Å²) in [5.41, 5.74) is 2.14. The van der Waals surface area contributed by atoms with Crippen LogP contribution in [0, 0.1) is 10.5 Å². The van der Waals surface area contributed by atoms with Gasteiger partial charge in [-0.2, -0.15) is 8.42 Å². The van der Waals surface area contributed by atoms with Gasteiger partial charge in [0, 0.05) is 5.02 Å². The number of carbonyl (C=O) groups is 2. The number of hydrogen-bond donors (Lipinski definition) is 0. The first-order chi connectivity index (χ1) is 17.6. The van der Waals surface area contributed by atoms with E-state index in [0.29, 0.717) is 19.7 Å². The second-order valence-corrected chi connectivity index (χ2v) is 12.1. The molecule has 0 N–H and O–H groups in total. The van der Waals surface area contributed by atoms with Gasteiger partial charge in [0.2, 0.25) is 0 Å². The van der Waals surface area contributed by atoms with Crippen LogP contribution in [0.3, 0.4) is 0 Å². The van der Waals surface area contributed by atoms with Gasteiger partial charge >= 0.3 is 10.1 Å². The Morgan fingerprint density at radius 1 is 1.08 bits per heavy atom. The molecule has 0 aliphatic carbocycles. The molecule has 0 bridgehead atoms. The molecule has 1 saturated heterocycles. The molecule has 4 rings (SSSR count). The van der Waals surface area contributed by atoms with E-state index in [4.69, 9.17) is 20.5 Å². The number of imide groups is 1. The second-order valence-electron chi connectivity index (χ2n) is 7.97. The van der Waals surface area contributed by atoms with Crippen molar-refractivity contribution >= 4 is 73.3 Å². The molecule has 2 amide bonds. The Morgan fingerprint density at radius 2 is 1.78 bits per heavy atom. The Labute approximate surface area is 238 Å². The summed E-state index contributed by atoms with van der Waals surface area (Å²) in [6, 6.07) is 16.6. The molecule has 0 saturated carbocycles. The summed E-state index contributed by atoms with van der Waals surface area (Å²) < 4.78 is 37.4. The van der Waals surface area contributed by atoms with Crippen LogP contribution in [-0.4, -0.2) is 31.1 Å². The van der Waals surface area contributed by atoms with Gasteiger partial charge in [-0.1, -0.05) is 47.5 Å². The van der Waals surface area contributed by atoms with E-state index in [2.05, 4.69) is 0 Å². The zero-order chi connectivity index (χ0) is 26.7. The van der Waals surface area contributed by atoms with E-state index in [1.165, 1.54) is 12.1 Å². The highest BCUT2D eigenvalue weighted by molar-refractivity contribution is 14.1. The van der Waals surface area contributed by atoms with Crippen molar-refractivity contribution in [2.24, 2.45) is 0 Å². The monoisotopic (exact) mass is 669 g/mol. The van der Waals surface area contributed by atoms with Crippen LogP contribution in [0.25, 0.3) is 6.08 Å². The van der Waals surface area contributed by atoms with E-state index in [9.17, 15) is 18.0 Å². The van der Waals surface area contributed by atoms with Gasteiger partial charge in [-0.15, -0.1) is 0 Å². The minimum atomic E-state index is -4.11. The van der Waals surface area contributed by atoms with Crippen molar-refractivity contribution in [2.75, 3.05) is 6.61 Å². The highest BCUT2D eigenvalue weighted by Crippen LogP contribution is 2.39. The predicted octanol–water partition coefficient (Wildman–Crippen LogP) is 6.66. The van der Waals surface area contributed by atoms with Crippen molar-refractivity contribution in [1.29, 1.82) is 0 Å². The zero-order valence-corrected chi connectivity index (χ0v) is 24.3. The molecular formula is C26H21ClINO6S2. The Balaban J connectivity index is 1.62. The number of thioether (sulfide) groups is 1. The van der Waals surface area contributed by atoms with Crippen LogP contribution in [0.1, 0.15) is 23.6 Å². The van der Waals surface area contributed by atoms with Crippen molar-refractivity contribution in [3.8, 4) is 11.5 Å². The largest absolute Gasteiger partial charge is 0.490 e. The van der Waals surface area contributed by atoms with Crippen molar-refractivity contribution in [2.45, 2.75) is 25.3 Å². The average molecular weight is 670 g/mol. The third kappa shape index (κ3) is 6.31. The van der Waals surface area contributed by atoms with Gasteiger partial charge in [0.05, 0.1) is 21.6 Å². The molecule has 1 aliphatic rings. The maximum atomic E-state index is 13.0. The first-order valence-corrected chi connectivity index (χ1v) is 14.7. The average Bonchev–Trinajstić information content (AvgIpc) is 3.10. The standard InChI is InChI=1S/C26H21ClINO6S2/c1-3-34-22-13-17(12-21(28)24(22)35-37(32,33)19-10-8-16(2)9-11-19)14-23-25(30)29(26(31)36-23)15-18-6-4-5-7-20(18)27/h4-14H,3,15H2,1-2H3/b23-14-. The maximum Gasteiger partial charge on any atom is 0.339 e. The van der Waals surface area contributed by atoms with Crippen LogP contribution in [0.15, 0.2) is 70.5 Å². The molecule has 1 heterocycles. The van der Waals surface area contributed by atoms with Crippen LogP contribution < -0.4 is 8.92 Å². The van der Waals surface area contributed by atoms with Gasteiger partial charge in [-0.3, -0.25) is 14.5 Å². The molecular weight excluding hydrogens is 649 g/mol. The molecule has 1 fully saturated rings. The van der Waals surface area contributed by atoms with Crippen LogP contribution in [0.2, 0.25) is 5.02 Å². The van der Waals surface area contributed by atoms with Crippen LogP contribution in [-0.2, 0) is 21.5 Å². The molecule has 1 aliphatic heterocycles. The minimum Gasteiger partial charge on any atom is -0.490 e. The fourth-order valence-electron chi connectivity index (χ4n) is 3.46. The van der Waals surface area contributed by atoms with Crippen molar-refractivity contribution in [3.05, 3.63) is 90.9 Å². The second kappa shape index (κ2) is 11.5. The number of carbonyl (C=O) groups excluding carboxylic acids is 2. The quantitative estimate of drug-likeness (QED) is 0.151. The fraction of sp³-hybridized carbons (Fsp3) is 0.154. The lowest BCUT2D eigenvalue weighted by Gasteiger charge is -2.15. The lowest BCUT2D eigenvalue weighted by atomic mass is 10.1. The Bertz CT molecular complexity index is 1510. The molecule has 7 nitrogen and oxygen atoms in total. The van der Waals surface area contributed by atoms with Crippen LogP contribution in [0.4, 0.5) is 4.79 Å². The number of halogens is 2. The topological polar surface area (TPSA) is 90.0 Å². The first kappa shape index (κ1) is 27.5. The van der Waals surface area contributed by atoms with Gasteiger partial charge in [0.15, 0.2) is 11.5 Å². The summed E-state index contributed by atoms with van der Waals surface area (Å²) in [5, 5.41) is 0.0673. The molecule has 0 unspecified atom stereocenters. The molecule has 0 spiro atoms. The van der Waals surface area contributed by atoms with Crippen LogP contribution in [0.5, 0.6) is 11.5 Å². The molecule has 0 radical (unpaired) electrons. The van der Waals surface area contributed by atoms with E-state index in [1.54, 1.807) is 61.5 Å². The Kier molecular flexibility index (Phi) is 8.52. The molecule has 0 aromatic heterocycles. The normalized spacial score (nSPS) is 14.9. The lowest BCUT2D eigenvalue weighted by Crippen LogP contribution is -2.27. The van der Waals surface area contributed by atoms with Crippen molar-refractivity contribution < 1.29 is 26.9 Å². The third-order valence-electron chi connectivity index (χ3n) is 5.29. The van der Waals surface area contributed by atoms with Crippen molar-refractivity contribution in [1.82, 2.24) is 4.90 Å². The fourth-order valence-corrected chi connectivity index (χ4v) is 6.34. The first-order valence-electron chi connectivity index (χ1n) is 11.1. The maximum absolute atomic E-state index is 13.0. The number of benzene rings is 3. The molecule has 11 heteroatoms. The highest BCUT2D eigenvalue weighted by atomic mass is 127. The third-order valence-corrected chi connectivity index (χ3v) is 8.61. The summed E-state index contributed by atoms with van der Waals surface area (Å²) in [5.74, 6) is -0.191. The number of ether oxygens (including phenoxy) is 1. The summed E-state index contributed by atoms with van der Waals surface area (Å²) in [4.78, 5) is 27.0. The molecule has 192 valence electrons. The smallest absolute Gasteiger partial charge is 0.339 e. The molecule has 3 aromatic carbocycles. The number of rotatable bonds is 8. The van der Waals surface area contributed by atoms with E-state index >= 15 is 0 Å². The minimum absolute atomic E-state index is 0.0209. The van der Waals surface area contributed by atoms with Crippen molar-refractivity contribution in [3.63, 3.8) is 0 Å². The van der Waals surface area contributed by atoms with E-state index in [0.717, 1.165) is 22.2 Å². The summed E-state index contributed by atoms with van der Waals surface area (Å²) in [6.07, 6.45) is 1.57. The van der Waals surface area contributed by atoms with E-state index in [1.807, 2.05) is 29.5 Å². The summed E-state index contributed by atoms with van der Waals surface area (Å²) in [6.45, 7) is 3.94. The highest BCUT2D eigenvalue weighted by Gasteiger charge is 2.35. The van der Waals surface area contributed by atoms with Gasteiger partial charge < -0.3 is 8.92 Å². The summed E-state index contributed by atoms with van der Waals surface area (Å²) in [7, 11) is -4.11.